The molecule has 9 heteroatoms. The second-order valence-electron chi connectivity index (χ2n) is 9.51. The highest BCUT2D eigenvalue weighted by atomic mass is 16.2. The van der Waals surface area contributed by atoms with E-state index >= 15 is 0 Å². The summed E-state index contributed by atoms with van der Waals surface area (Å²) >= 11 is 0. The Labute approximate surface area is 201 Å². The normalized spacial score (nSPS) is 23.3. The molecule has 0 radical (unpaired) electrons. The molecule has 1 N–H and O–H groups in total. The molecule has 1 fully saturated rings. The summed E-state index contributed by atoms with van der Waals surface area (Å²) in [5, 5.41) is 2.44. The number of fused-ring (bicyclic) bond motifs is 7. The second-order valence-corrected chi connectivity index (χ2v) is 9.51. The van der Waals surface area contributed by atoms with Crippen LogP contribution in [0.4, 0.5) is 10.6 Å². The number of rotatable bonds is 2. The van der Waals surface area contributed by atoms with Crippen LogP contribution in [-0.2, 0) is 22.4 Å². The van der Waals surface area contributed by atoms with E-state index in [2.05, 4.69) is 5.32 Å². The van der Waals surface area contributed by atoms with Gasteiger partial charge in [-0.3, -0.25) is 29.0 Å². The van der Waals surface area contributed by atoms with E-state index in [0.29, 0.717) is 36.4 Å². The van der Waals surface area contributed by atoms with Crippen molar-refractivity contribution in [2.75, 3.05) is 18.0 Å². The minimum atomic E-state index is -1.66. The molecule has 4 amide bonds. The van der Waals surface area contributed by atoms with Crippen LogP contribution in [0.1, 0.15) is 41.6 Å². The Morgan fingerprint density at radius 3 is 2.71 bits per heavy atom. The minimum Gasteiger partial charge on any atom is -0.347 e. The van der Waals surface area contributed by atoms with Gasteiger partial charge in [0.2, 0.25) is 11.8 Å². The van der Waals surface area contributed by atoms with Gasteiger partial charge in [-0.15, -0.1) is 0 Å². The number of aromatic nitrogens is 2. The van der Waals surface area contributed by atoms with Gasteiger partial charge < -0.3 is 4.90 Å². The molecule has 5 heterocycles. The summed E-state index contributed by atoms with van der Waals surface area (Å²) in [5.41, 5.74) is 1.66. The second kappa shape index (κ2) is 7.49. The lowest BCUT2D eigenvalue weighted by molar-refractivity contribution is -0.154. The fraction of sp³-hybridized carbons (Fsp3) is 0.346. The number of urea groups is 1. The predicted molar refractivity (Wildman–Crippen MR) is 128 cm³/mol. The van der Waals surface area contributed by atoms with Gasteiger partial charge in [-0.05, 0) is 42.5 Å². The highest BCUT2D eigenvalue weighted by molar-refractivity contribution is 6.20. The molecule has 178 valence electrons. The number of pyridine rings is 1. The van der Waals surface area contributed by atoms with Gasteiger partial charge in [0.25, 0.3) is 5.56 Å². The Bertz CT molecular complexity index is 1490. The molecule has 0 aliphatic carbocycles. The van der Waals surface area contributed by atoms with Crippen molar-refractivity contribution in [1.82, 2.24) is 19.6 Å². The van der Waals surface area contributed by atoms with Crippen molar-refractivity contribution >= 4 is 29.3 Å². The third-order valence-corrected chi connectivity index (χ3v) is 7.54. The molecule has 0 saturated carbocycles. The summed E-state index contributed by atoms with van der Waals surface area (Å²) in [5.74, 6) is -0.709. The lowest BCUT2D eigenvalue weighted by Gasteiger charge is -2.53. The van der Waals surface area contributed by atoms with Crippen molar-refractivity contribution in [3.05, 3.63) is 75.2 Å². The van der Waals surface area contributed by atoms with Crippen LogP contribution in [0.3, 0.4) is 0 Å². The van der Waals surface area contributed by atoms with E-state index in [4.69, 9.17) is 4.98 Å². The molecule has 1 saturated heterocycles. The molecule has 6 rings (SSSR count). The summed E-state index contributed by atoms with van der Waals surface area (Å²) in [4.78, 5) is 62.1. The van der Waals surface area contributed by atoms with Gasteiger partial charge in [-0.2, -0.15) is 0 Å². The lowest BCUT2D eigenvalue weighted by atomic mass is 9.65. The number of hydrogen-bond donors (Lipinski definition) is 1. The first-order valence-corrected chi connectivity index (χ1v) is 11.9. The largest absolute Gasteiger partial charge is 0.347 e. The molecule has 3 aromatic rings. The molecule has 35 heavy (non-hydrogen) atoms. The van der Waals surface area contributed by atoms with Crippen LogP contribution in [-0.4, -0.2) is 45.2 Å². The van der Waals surface area contributed by atoms with Crippen molar-refractivity contribution in [3.8, 4) is 0 Å². The Morgan fingerprint density at radius 2 is 1.91 bits per heavy atom. The fourth-order valence-electron chi connectivity index (χ4n) is 5.95. The lowest BCUT2D eigenvalue weighted by Crippen LogP contribution is -2.70. The third-order valence-electron chi connectivity index (χ3n) is 7.54. The molecular formula is C26H25N5O4. The van der Waals surface area contributed by atoms with Crippen molar-refractivity contribution in [3.63, 3.8) is 0 Å². The maximum atomic E-state index is 14.1. The zero-order valence-electron chi connectivity index (χ0n) is 19.6. The van der Waals surface area contributed by atoms with Gasteiger partial charge in [0.1, 0.15) is 11.5 Å². The molecular weight excluding hydrogens is 446 g/mol. The van der Waals surface area contributed by atoms with Gasteiger partial charge in [0, 0.05) is 25.7 Å². The first kappa shape index (κ1) is 21.5. The van der Waals surface area contributed by atoms with E-state index in [0.717, 1.165) is 21.6 Å². The summed E-state index contributed by atoms with van der Waals surface area (Å²) in [6, 6.07) is 10.0. The van der Waals surface area contributed by atoms with Crippen molar-refractivity contribution < 1.29 is 14.4 Å². The number of anilines is 1. The van der Waals surface area contributed by atoms with Crippen LogP contribution in [0, 0.1) is 12.3 Å². The van der Waals surface area contributed by atoms with Crippen molar-refractivity contribution in [1.29, 1.82) is 0 Å². The topological polar surface area (TPSA) is 104 Å². The standard InChI is InChI=1S/C26H25N5O4/c1-3-11-31-24(34)26(23(33)28-25(31)35)14-18-21(27-20-15(2)7-6-12-30(20)22(18)32)29-13-10-16-8-4-5-9-17(16)19(26)29/h4-9,12,19H,3,10-11,13-14H2,1-2H3,(H,28,33,35)/t19-,26-/m1/s1. The van der Waals surface area contributed by atoms with E-state index in [1.807, 2.05) is 49.1 Å². The van der Waals surface area contributed by atoms with Gasteiger partial charge in [0.05, 0.1) is 11.6 Å². The van der Waals surface area contributed by atoms with Crippen LogP contribution in [0.15, 0.2) is 47.4 Å². The molecule has 1 spiro atoms. The zero-order chi connectivity index (χ0) is 24.5. The summed E-state index contributed by atoms with van der Waals surface area (Å²) in [6.45, 7) is 4.45. The monoisotopic (exact) mass is 471 g/mol. The average molecular weight is 472 g/mol. The summed E-state index contributed by atoms with van der Waals surface area (Å²) < 4.78 is 1.47. The molecule has 2 atom stereocenters. The molecule has 2 aromatic heterocycles. The minimum absolute atomic E-state index is 0.126. The van der Waals surface area contributed by atoms with Crippen molar-refractivity contribution in [2.45, 2.75) is 39.2 Å². The number of hydrogen-bond acceptors (Lipinski definition) is 6. The van der Waals surface area contributed by atoms with E-state index in [9.17, 15) is 19.2 Å². The Kier molecular flexibility index (Phi) is 4.61. The van der Waals surface area contributed by atoms with Crippen LogP contribution in [0.25, 0.3) is 5.65 Å². The molecule has 1 aromatic carbocycles. The van der Waals surface area contributed by atoms with Crippen LogP contribution >= 0.6 is 0 Å². The number of imide groups is 2. The quantitative estimate of drug-likeness (QED) is 0.575. The number of amides is 4. The number of benzene rings is 1. The number of carbonyl (C=O) groups excluding carboxylic acids is 3. The van der Waals surface area contributed by atoms with E-state index in [-0.39, 0.29) is 18.5 Å². The van der Waals surface area contributed by atoms with Gasteiger partial charge in [0.15, 0.2) is 5.41 Å². The van der Waals surface area contributed by atoms with E-state index in [1.165, 1.54) is 4.40 Å². The highest BCUT2D eigenvalue weighted by Gasteiger charge is 2.64. The SMILES string of the molecule is CCCN1C(=O)NC(=O)[C@]2(Cc3c(nc4c(C)cccn4c3=O)N3CCc4ccccc4[C@@H]32)C1=O. The first-order valence-electron chi connectivity index (χ1n) is 11.9. The maximum absolute atomic E-state index is 14.1. The Morgan fingerprint density at radius 1 is 1.11 bits per heavy atom. The molecule has 9 nitrogen and oxygen atoms in total. The average Bonchev–Trinajstić information content (AvgIpc) is 2.86. The number of barbiturate groups is 1. The molecule has 3 aliphatic heterocycles. The smallest absolute Gasteiger partial charge is 0.330 e. The van der Waals surface area contributed by atoms with Gasteiger partial charge >= 0.3 is 6.03 Å². The van der Waals surface area contributed by atoms with Gasteiger partial charge in [-0.25, -0.2) is 9.78 Å². The fourth-order valence-corrected chi connectivity index (χ4v) is 5.95. The van der Waals surface area contributed by atoms with E-state index < -0.39 is 29.3 Å². The van der Waals surface area contributed by atoms with Crippen molar-refractivity contribution in [2.24, 2.45) is 5.41 Å². The van der Waals surface area contributed by atoms with Crippen LogP contribution in [0.2, 0.25) is 0 Å². The number of aryl methyl sites for hydroxylation is 1. The molecule has 0 bridgehead atoms. The molecule has 0 unspecified atom stereocenters. The van der Waals surface area contributed by atoms with Crippen LogP contribution < -0.4 is 15.8 Å². The first-order chi connectivity index (χ1) is 16.9. The Balaban J connectivity index is 1.67. The number of carbonyl (C=O) groups is 3. The van der Waals surface area contributed by atoms with Crippen LogP contribution in [0.5, 0.6) is 0 Å². The maximum Gasteiger partial charge on any atom is 0.330 e. The zero-order valence-corrected chi connectivity index (χ0v) is 19.6. The van der Waals surface area contributed by atoms with E-state index in [1.54, 1.807) is 12.3 Å². The highest BCUT2D eigenvalue weighted by Crippen LogP contribution is 2.52. The Hall–Kier alpha value is -4.01. The third kappa shape index (κ3) is 2.78. The summed E-state index contributed by atoms with van der Waals surface area (Å²) in [7, 11) is 0. The molecule has 3 aliphatic rings. The number of nitrogens with one attached hydrogen (secondary N) is 1. The number of nitrogens with zero attached hydrogens (tertiary/aromatic N) is 4. The predicted octanol–water partition coefficient (Wildman–Crippen LogP) is 2.14. The summed E-state index contributed by atoms with van der Waals surface area (Å²) in [6.07, 6.45) is 2.76. The van der Waals surface area contributed by atoms with Gasteiger partial charge in [-0.1, -0.05) is 37.3 Å².